The molecule has 1 atom stereocenters. The van der Waals surface area contributed by atoms with Gasteiger partial charge in [-0.1, -0.05) is 30.3 Å². The van der Waals surface area contributed by atoms with Crippen LogP contribution in [0.15, 0.2) is 53.1 Å². The maximum Gasteiger partial charge on any atom is 0.222 e. The summed E-state index contributed by atoms with van der Waals surface area (Å²) in [4.78, 5) is 11.7. The molecule has 0 bridgehead atoms. The van der Waals surface area contributed by atoms with E-state index in [0.29, 0.717) is 18.7 Å². The van der Waals surface area contributed by atoms with Gasteiger partial charge in [-0.05, 0) is 17.7 Å². The van der Waals surface area contributed by atoms with Gasteiger partial charge in [0.1, 0.15) is 11.8 Å². The topological polar surface area (TPSA) is 68.3 Å². The van der Waals surface area contributed by atoms with Crippen LogP contribution in [0.25, 0.3) is 0 Å². The predicted molar refractivity (Wildman–Crippen MR) is 68.8 cm³/mol. The molecule has 1 amide bonds. The summed E-state index contributed by atoms with van der Waals surface area (Å²) in [6.45, 7) is 0.339. The van der Waals surface area contributed by atoms with Crippen molar-refractivity contribution in [1.82, 2.24) is 5.32 Å². The fraction of sp³-hybridized carbons (Fsp3) is 0.214. The molecule has 1 aromatic heterocycles. The number of nitrogens with two attached hydrogens (primary N) is 1. The van der Waals surface area contributed by atoms with Gasteiger partial charge in [-0.2, -0.15) is 0 Å². The lowest BCUT2D eigenvalue weighted by Gasteiger charge is -2.16. The fourth-order valence-corrected chi connectivity index (χ4v) is 1.78. The van der Waals surface area contributed by atoms with Crippen molar-refractivity contribution >= 4 is 5.91 Å². The highest BCUT2D eigenvalue weighted by atomic mass is 16.3. The molecule has 3 N–H and O–H groups in total. The van der Waals surface area contributed by atoms with Crippen molar-refractivity contribution in [1.29, 1.82) is 0 Å². The molecule has 0 saturated carbocycles. The first kappa shape index (κ1) is 12.4. The normalized spacial score (nSPS) is 12.1. The molecule has 0 aliphatic rings. The van der Waals surface area contributed by atoms with Crippen LogP contribution in [0, 0.1) is 0 Å². The Bertz CT molecular complexity index is 480. The van der Waals surface area contributed by atoms with Crippen molar-refractivity contribution in [3.05, 3.63) is 60.1 Å². The largest absolute Gasteiger partial charge is 0.467 e. The van der Waals surface area contributed by atoms with Gasteiger partial charge in [-0.15, -0.1) is 0 Å². The lowest BCUT2D eigenvalue weighted by Crippen LogP contribution is -2.30. The lowest BCUT2D eigenvalue weighted by atomic mass is 10.0. The molecule has 1 heterocycles. The molecule has 2 aromatic rings. The van der Waals surface area contributed by atoms with Gasteiger partial charge in [0.25, 0.3) is 0 Å². The maximum atomic E-state index is 11.7. The summed E-state index contributed by atoms with van der Waals surface area (Å²) in [5.41, 5.74) is 6.36. The minimum absolute atomic E-state index is 0.0808. The number of furan rings is 1. The molecule has 0 spiro atoms. The van der Waals surface area contributed by atoms with Gasteiger partial charge in [-0.25, -0.2) is 0 Å². The van der Waals surface area contributed by atoms with Crippen LogP contribution >= 0.6 is 0 Å². The van der Waals surface area contributed by atoms with E-state index in [0.717, 1.165) is 5.56 Å². The third kappa shape index (κ3) is 2.99. The second-order valence-corrected chi connectivity index (χ2v) is 3.97. The van der Waals surface area contributed by atoms with Crippen LogP contribution in [0.5, 0.6) is 0 Å². The van der Waals surface area contributed by atoms with Gasteiger partial charge in [0.2, 0.25) is 5.91 Å². The Balaban J connectivity index is 2.22. The van der Waals surface area contributed by atoms with E-state index in [1.54, 1.807) is 12.3 Å². The van der Waals surface area contributed by atoms with Gasteiger partial charge in [0, 0.05) is 13.0 Å². The van der Waals surface area contributed by atoms with Crippen molar-refractivity contribution < 1.29 is 9.21 Å². The zero-order chi connectivity index (χ0) is 12.8. The Morgan fingerprint density at radius 3 is 2.61 bits per heavy atom. The molecule has 1 unspecified atom stereocenters. The first-order chi connectivity index (χ1) is 8.81. The lowest BCUT2D eigenvalue weighted by molar-refractivity contribution is -0.121. The van der Waals surface area contributed by atoms with Crippen LogP contribution in [-0.2, 0) is 4.79 Å². The molecule has 0 aliphatic carbocycles. The monoisotopic (exact) mass is 244 g/mol. The molecule has 0 radical (unpaired) electrons. The fourth-order valence-electron chi connectivity index (χ4n) is 1.78. The average Bonchev–Trinajstić information content (AvgIpc) is 2.91. The van der Waals surface area contributed by atoms with Crippen LogP contribution < -0.4 is 11.1 Å². The molecule has 0 aliphatic heterocycles. The third-order valence-corrected chi connectivity index (χ3v) is 2.64. The standard InChI is InChI=1S/C14H16N2O2/c15-9-8-13(17)16-14(12-7-4-10-18-12)11-5-2-1-3-6-11/h1-7,10,14H,8-9,15H2,(H,16,17). The minimum atomic E-state index is -0.264. The van der Waals surface area contributed by atoms with E-state index in [4.69, 9.17) is 10.2 Å². The zero-order valence-electron chi connectivity index (χ0n) is 10.0. The van der Waals surface area contributed by atoms with Gasteiger partial charge in [0.05, 0.1) is 6.26 Å². The number of carbonyl (C=O) groups is 1. The highest BCUT2D eigenvalue weighted by Crippen LogP contribution is 2.22. The van der Waals surface area contributed by atoms with Crippen LogP contribution in [0.2, 0.25) is 0 Å². The van der Waals surface area contributed by atoms with Crippen molar-refractivity contribution in [3.8, 4) is 0 Å². The van der Waals surface area contributed by atoms with Crippen molar-refractivity contribution in [2.75, 3.05) is 6.54 Å². The van der Waals surface area contributed by atoms with Crippen molar-refractivity contribution in [2.24, 2.45) is 5.73 Å². The third-order valence-electron chi connectivity index (χ3n) is 2.64. The zero-order valence-corrected chi connectivity index (χ0v) is 10.0. The van der Waals surface area contributed by atoms with Gasteiger partial charge >= 0.3 is 0 Å². The summed E-state index contributed by atoms with van der Waals surface area (Å²) in [5.74, 6) is 0.634. The molecule has 2 rings (SSSR count). The predicted octanol–water partition coefficient (Wildman–Crippen LogP) is 1.83. The number of amides is 1. The Kier molecular flexibility index (Phi) is 4.15. The number of benzene rings is 1. The van der Waals surface area contributed by atoms with Crippen LogP contribution in [0.1, 0.15) is 23.8 Å². The molecule has 94 valence electrons. The van der Waals surface area contributed by atoms with E-state index in [1.165, 1.54) is 0 Å². The quantitative estimate of drug-likeness (QED) is 0.843. The van der Waals surface area contributed by atoms with E-state index in [-0.39, 0.29) is 11.9 Å². The number of carbonyl (C=O) groups excluding carboxylic acids is 1. The highest BCUT2D eigenvalue weighted by molar-refractivity contribution is 5.77. The van der Waals surface area contributed by atoms with E-state index in [1.807, 2.05) is 36.4 Å². The van der Waals surface area contributed by atoms with E-state index in [2.05, 4.69) is 5.32 Å². The molecule has 0 fully saturated rings. The van der Waals surface area contributed by atoms with Gasteiger partial charge in [0.15, 0.2) is 0 Å². The van der Waals surface area contributed by atoms with E-state index >= 15 is 0 Å². The molecule has 18 heavy (non-hydrogen) atoms. The molecular weight excluding hydrogens is 228 g/mol. The maximum absolute atomic E-state index is 11.7. The summed E-state index contributed by atoms with van der Waals surface area (Å²) in [5, 5.41) is 2.92. The molecular formula is C14H16N2O2. The second kappa shape index (κ2) is 6.02. The number of hydrogen-bond acceptors (Lipinski definition) is 3. The smallest absolute Gasteiger partial charge is 0.222 e. The molecule has 4 nitrogen and oxygen atoms in total. The summed E-state index contributed by atoms with van der Waals surface area (Å²) in [6, 6.07) is 13.1. The van der Waals surface area contributed by atoms with Crippen LogP contribution in [0.4, 0.5) is 0 Å². The van der Waals surface area contributed by atoms with E-state index < -0.39 is 0 Å². The summed E-state index contributed by atoms with van der Waals surface area (Å²) in [7, 11) is 0. The van der Waals surface area contributed by atoms with Crippen molar-refractivity contribution in [3.63, 3.8) is 0 Å². The van der Waals surface area contributed by atoms with Gasteiger partial charge in [-0.3, -0.25) is 4.79 Å². The SMILES string of the molecule is NCCC(=O)NC(c1ccccc1)c1ccco1. The van der Waals surface area contributed by atoms with Crippen LogP contribution in [-0.4, -0.2) is 12.5 Å². The van der Waals surface area contributed by atoms with Gasteiger partial charge < -0.3 is 15.5 Å². The highest BCUT2D eigenvalue weighted by Gasteiger charge is 2.18. The summed E-state index contributed by atoms with van der Waals surface area (Å²) >= 11 is 0. The first-order valence-electron chi connectivity index (χ1n) is 5.89. The second-order valence-electron chi connectivity index (χ2n) is 3.97. The molecule has 1 aromatic carbocycles. The Hall–Kier alpha value is -2.07. The minimum Gasteiger partial charge on any atom is -0.467 e. The van der Waals surface area contributed by atoms with Crippen molar-refractivity contribution in [2.45, 2.75) is 12.5 Å². The molecule has 0 saturated heterocycles. The Morgan fingerprint density at radius 1 is 1.22 bits per heavy atom. The Morgan fingerprint density at radius 2 is 2.00 bits per heavy atom. The number of nitrogens with one attached hydrogen (secondary N) is 1. The van der Waals surface area contributed by atoms with E-state index in [9.17, 15) is 4.79 Å². The average molecular weight is 244 g/mol. The Labute approximate surface area is 106 Å². The molecule has 4 heteroatoms. The summed E-state index contributed by atoms with van der Waals surface area (Å²) < 4.78 is 5.38. The summed E-state index contributed by atoms with van der Waals surface area (Å²) in [6.07, 6.45) is 1.91. The number of hydrogen-bond donors (Lipinski definition) is 2. The first-order valence-corrected chi connectivity index (χ1v) is 5.89. The van der Waals surface area contributed by atoms with Crippen LogP contribution in [0.3, 0.4) is 0 Å². The number of rotatable bonds is 5.